The fourth-order valence-electron chi connectivity index (χ4n) is 5.06. The van der Waals surface area contributed by atoms with Crippen molar-refractivity contribution in [3.05, 3.63) is 101 Å². The van der Waals surface area contributed by atoms with Gasteiger partial charge in [-0.15, -0.1) is 12.4 Å². The first-order chi connectivity index (χ1) is 20.1. The van der Waals surface area contributed by atoms with E-state index in [0.717, 1.165) is 5.56 Å². The molecule has 0 aliphatic carbocycles. The standard InChI is InChI=1S/C31H25N5O5.ClH/c1-40-26-13-22-24(14-27(26)41-2)34-25(17-38)23(16-37)29(22)18-9-11-33-28(12-18)36-31(39)21-8-4-3-7-20(21)30(35-36)19-6-5-10-32-15-19;/h3-15,37-38H,16-17H2,1-2H3;1H. The second-order valence-electron chi connectivity index (χ2n) is 9.21. The summed E-state index contributed by atoms with van der Waals surface area (Å²) in [5.74, 6) is 1.24. The third kappa shape index (κ3) is 4.81. The number of hydrogen-bond donors (Lipinski definition) is 2. The monoisotopic (exact) mass is 583 g/mol. The molecule has 10 nitrogen and oxygen atoms in total. The van der Waals surface area contributed by atoms with Crippen LogP contribution in [-0.4, -0.2) is 49.2 Å². The summed E-state index contributed by atoms with van der Waals surface area (Å²) in [6.07, 6.45) is 4.95. The molecule has 0 aliphatic heterocycles. The molecule has 4 heterocycles. The number of aromatic nitrogens is 5. The summed E-state index contributed by atoms with van der Waals surface area (Å²) in [6.45, 7) is -0.759. The molecule has 0 fully saturated rings. The van der Waals surface area contributed by atoms with Crippen LogP contribution in [0.15, 0.2) is 84.0 Å². The molecule has 0 atom stereocenters. The number of methoxy groups -OCH3 is 2. The largest absolute Gasteiger partial charge is 0.493 e. The number of rotatable bonds is 7. The summed E-state index contributed by atoms with van der Waals surface area (Å²) in [6, 6.07) is 18.0. The molecule has 0 radical (unpaired) electrons. The molecule has 0 saturated heterocycles. The lowest BCUT2D eigenvalue weighted by molar-refractivity contribution is 0.257. The number of fused-ring (bicyclic) bond motifs is 2. The molecule has 2 N–H and O–H groups in total. The van der Waals surface area contributed by atoms with E-state index in [9.17, 15) is 15.0 Å². The van der Waals surface area contributed by atoms with Gasteiger partial charge in [0.05, 0.1) is 44.0 Å². The minimum atomic E-state index is -0.384. The highest BCUT2D eigenvalue weighted by molar-refractivity contribution is 5.99. The van der Waals surface area contributed by atoms with E-state index in [2.05, 4.69) is 15.0 Å². The predicted octanol–water partition coefficient (Wildman–Crippen LogP) is 4.48. The Balaban J connectivity index is 0.00000353. The maximum atomic E-state index is 13.7. The molecule has 0 aliphatic rings. The van der Waals surface area contributed by atoms with Gasteiger partial charge in [-0.1, -0.05) is 18.2 Å². The SMILES string of the molecule is COc1cc2nc(CO)c(CO)c(-c3ccnc(-n4nc(-c5cccnc5)c5ccccc5c4=O)c3)c2cc1OC.Cl. The van der Waals surface area contributed by atoms with Gasteiger partial charge in [-0.05, 0) is 47.5 Å². The van der Waals surface area contributed by atoms with Gasteiger partial charge in [-0.25, -0.2) is 9.97 Å². The van der Waals surface area contributed by atoms with E-state index in [4.69, 9.17) is 14.6 Å². The molecule has 0 unspecified atom stereocenters. The molecular weight excluding hydrogens is 558 g/mol. The minimum absolute atomic E-state index is 0. The Morgan fingerprint density at radius 3 is 2.29 bits per heavy atom. The zero-order chi connectivity index (χ0) is 28.5. The van der Waals surface area contributed by atoms with E-state index < -0.39 is 0 Å². The van der Waals surface area contributed by atoms with E-state index in [1.807, 2.05) is 24.3 Å². The van der Waals surface area contributed by atoms with E-state index >= 15 is 0 Å². The molecule has 42 heavy (non-hydrogen) atoms. The highest BCUT2D eigenvalue weighted by atomic mass is 35.5. The average molecular weight is 584 g/mol. The highest BCUT2D eigenvalue weighted by Gasteiger charge is 2.20. The Labute approximate surface area is 246 Å². The molecule has 0 saturated carbocycles. The second-order valence-corrected chi connectivity index (χ2v) is 9.21. The van der Waals surface area contributed by atoms with Crippen LogP contribution in [0.3, 0.4) is 0 Å². The van der Waals surface area contributed by atoms with Gasteiger partial charge in [0.25, 0.3) is 5.56 Å². The predicted molar refractivity (Wildman–Crippen MR) is 161 cm³/mol. The van der Waals surface area contributed by atoms with Crippen molar-refractivity contribution in [1.29, 1.82) is 0 Å². The number of ether oxygens (including phenoxy) is 2. The van der Waals surface area contributed by atoms with E-state index in [1.165, 1.54) is 18.9 Å². The van der Waals surface area contributed by atoms with E-state index in [1.54, 1.807) is 55.0 Å². The zero-order valence-electron chi connectivity index (χ0n) is 22.7. The summed E-state index contributed by atoms with van der Waals surface area (Å²) >= 11 is 0. The van der Waals surface area contributed by atoms with Crippen molar-refractivity contribution in [2.75, 3.05) is 14.2 Å². The Bertz CT molecular complexity index is 1980. The first-order valence-corrected chi connectivity index (χ1v) is 12.8. The van der Waals surface area contributed by atoms with Gasteiger partial charge in [-0.2, -0.15) is 9.78 Å². The molecule has 212 valence electrons. The summed E-state index contributed by atoms with van der Waals surface area (Å²) in [5.41, 5.74) is 3.57. The van der Waals surface area contributed by atoms with Gasteiger partial charge >= 0.3 is 0 Å². The fourth-order valence-corrected chi connectivity index (χ4v) is 5.06. The van der Waals surface area contributed by atoms with Gasteiger partial charge in [0, 0.05) is 46.6 Å². The van der Waals surface area contributed by atoms with Crippen LogP contribution in [0.25, 0.3) is 49.9 Å². The molecular formula is C31H26ClN5O5. The van der Waals surface area contributed by atoms with Crippen LogP contribution in [-0.2, 0) is 13.2 Å². The first kappa shape index (κ1) is 28.6. The molecule has 6 aromatic rings. The minimum Gasteiger partial charge on any atom is -0.493 e. The average Bonchev–Trinajstić information content (AvgIpc) is 3.03. The van der Waals surface area contributed by atoms with Crippen LogP contribution in [0.4, 0.5) is 0 Å². The van der Waals surface area contributed by atoms with E-state index in [0.29, 0.717) is 61.3 Å². The summed E-state index contributed by atoms with van der Waals surface area (Å²) in [4.78, 5) is 27.0. The molecule has 2 aromatic carbocycles. The van der Waals surface area contributed by atoms with Gasteiger partial charge in [-0.3, -0.25) is 9.78 Å². The lowest BCUT2D eigenvalue weighted by Crippen LogP contribution is -2.23. The van der Waals surface area contributed by atoms with Crippen molar-refractivity contribution in [3.8, 4) is 39.7 Å². The van der Waals surface area contributed by atoms with Crippen molar-refractivity contribution in [1.82, 2.24) is 24.7 Å². The van der Waals surface area contributed by atoms with Crippen LogP contribution in [0, 0.1) is 0 Å². The smallest absolute Gasteiger partial charge is 0.280 e. The van der Waals surface area contributed by atoms with Gasteiger partial charge < -0.3 is 19.7 Å². The normalized spacial score (nSPS) is 11.0. The molecule has 0 spiro atoms. The molecule has 0 amide bonds. The first-order valence-electron chi connectivity index (χ1n) is 12.8. The van der Waals surface area contributed by atoms with Crippen LogP contribution in [0.1, 0.15) is 11.3 Å². The number of benzene rings is 2. The lowest BCUT2D eigenvalue weighted by atomic mass is 9.94. The maximum absolute atomic E-state index is 13.7. The van der Waals surface area contributed by atoms with Crippen LogP contribution in [0.2, 0.25) is 0 Å². The van der Waals surface area contributed by atoms with Crippen molar-refractivity contribution in [2.24, 2.45) is 0 Å². The Morgan fingerprint density at radius 2 is 1.60 bits per heavy atom. The number of aliphatic hydroxyl groups excluding tert-OH is 2. The van der Waals surface area contributed by atoms with Crippen molar-refractivity contribution < 1.29 is 19.7 Å². The van der Waals surface area contributed by atoms with Crippen molar-refractivity contribution >= 4 is 34.1 Å². The molecule has 11 heteroatoms. The Hall–Kier alpha value is -4.90. The van der Waals surface area contributed by atoms with Crippen LogP contribution < -0.4 is 15.0 Å². The third-order valence-electron chi connectivity index (χ3n) is 6.98. The molecule has 4 aromatic heterocycles. The number of hydrogen-bond acceptors (Lipinski definition) is 9. The quantitative estimate of drug-likeness (QED) is 0.279. The number of aliphatic hydroxyl groups is 2. The van der Waals surface area contributed by atoms with Gasteiger partial charge in [0.2, 0.25) is 0 Å². The third-order valence-corrected chi connectivity index (χ3v) is 6.98. The maximum Gasteiger partial charge on any atom is 0.280 e. The van der Waals surface area contributed by atoms with Crippen LogP contribution in [0.5, 0.6) is 11.5 Å². The molecule has 0 bridgehead atoms. The van der Waals surface area contributed by atoms with E-state index in [-0.39, 0.29) is 37.0 Å². The van der Waals surface area contributed by atoms with Crippen molar-refractivity contribution in [3.63, 3.8) is 0 Å². The zero-order valence-corrected chi connectivity index (χ0v) is 23.5. The Kier molecular flexibility index (Phi) is 8.12. The lowest BCUT2D eigenvalue weighted by Gasteiger charge is -2.18. The Morgan fingerprint density at radius 1 is 0.833 bits per heavy atom. The fraction of sp³-hybridized carbons (Fsp3) is 0.129. The highest BCUT2D eigenvalue weighted by Crippen LogP contribution is 2.39. The topological polar surface area (TPSA) is 132 Å². The number of nitrogens with zero attached hydrogens (tertiary/aromatic N) is 5. The van der Waals surface area contributed by atoms with Crippen LogP contribution >= 0.6 is 12.4 Å². The number of pyridine rings is 3. The summed E-state index contributed by atoms with van der Waals surface area (Å²) < 4.78 is 12.3. The summed E-state index contributed by atoms with van der Waals surface area (Å²) in [5, 5.41) is 27.1. The number of halogens is 1. The molecule has 6 rings (SSSR count). The van der Waals surface area contributed by atoms with Gasteiger partial charge in [0.15, 0.2) is 17.3 Å². The summed E-state index contributed by atoms with van der Waals surface area (Å²) in [7, 11) is 3.07. The second kappa shape index (κ2) is 11.9. The van der Waals surface area contributed by atoms with Gasteiger partial charge in [0.1, 0.15) is 5.69 Å². The van der Waals surface area contributed by atoms with Crippen molar-refractivity contribution in [2.45, 2.75) is 13.2 Å².